The first-order chi connectivity index (χ1) is 19.1. The smallest absolute Gasteiger partial charge is 0.329 e. The number of urea groups is 1. The summed E-state index contributed by atoms with van der Waals surface area (Å²) >= 11 is 0. The van der Waals surface area contributed by atoms with Crippen LogP contribution in [0.15, 0.2) is 78.9 Å². The van der Waals surface area contributed by atoms with Gasteiger partial charge in [-0.15, -0.1) is 0 Å². The molecule has 200 valence electrons. The minimum absolute atomic E-state index is 0.0206. The Morgan fingerprint density at radius 2 is 1.54 bits per heavy atom. The molecule has 0 unspecified atom stereocenters. The lowest BCUT2D eigenvalue weighted by molar-refractivity contribution is 0.256. The Bertz CT molecular complexity index is 1460. The predicted octanol–water partition coefficient (Wildman–Crippen LogP) is 5.36. The summed E-state index contributed by atoms with van der Waals surface area (Å²) in [5.41, 5.74) is 6.54. The summed E-state index contributed by atoms with van der Waals surface area (Å²) < 4.78 is 5.25. The predicted molar refractivity (Wildman–Crippen MR) is 158 cm³/mol. The number of carbonyl (C=O) groups is 1. The summed E-state index contributed by atoms with van der Waals surface area (Å²) in [6.07, 6.45) is 0.968. The van der Waals surface area contributed by atoms with Gasteiger partial charge in [-0.1, -0.05) is 18.2 Å². The molecule has 0 radical (unpaired) electrons. The van der Waals surface area contributed by atoms with Crippen molar-refractivity contribution in [3.05, 3.63) is 90.1 Å². The van der Waals surface area contributed by atoms with Gasteiger partial charge in [0.25, 0.3) is 0 Å². The van der Waals surface area contributed by atoms with Gasteiger partial charge in [0.1, 0.15) is 5.75 Å². The molecule has 2 amide bonds. The van der Waals surface area contributed by atoms with Crippen molar-refractivity contribution in [1.82, 2.24) is 9.88 Å². The van der Waals surface area contributed by atoms with E-state index in [0.717, 1.165) is 67.5 Å². The number of piperazine rings is 1. The molecule has 4 aromatic rings. The monoisotopic (exact) mass is 521 g/mol. The molecule has 3 heterocycles. The average Bonchev–Trinajstić information content (AvgIpc) is 3.37. The number of pyridine rings is 1. The lowest BCUT2D eigenvalue weighted by Crippen LogP contribution is -2.47. The van der Waals surface area contributed by atoms with Crippen molar-refractivity contribution in [2.45, 2.75) is 13.3 Å². The van der Waals surface area contributed by atoms with Crippen molar-refractivity contribution >= 4 is 34.0 Å². The number of anilines is 3. The van der Waals surface area contributed by atoms with Crippen molar-refractivity contribution in [3.8, 4) is 5.75 Å². The van der Waals surface area contributed by atoms with E-state index in [1.54, 1.807) is 7.11 Å². The number of aromatic nitrogens is 1. The summed E-state index contributed by atoms with van der Waals surface area (Å²) in [6, 6.07) is 26.9. The summed E-state index contributed by atoms with van der Waals surface area (Å²) in [5.74, 6) is 0.789. The van der Waals surface area contributed by atoms with E-state index in [9.17, 15) is 4.79 Å². The van der Waals surface area contributed by atoms with Gasteiger partial charge in [0.05, 0.1) is 12.6 Å². The SMILES string of the molecule is COc1ccc(N2CCN(c3cccc(CCN4CCN(c5cccc6nc(C)ccc56)CC4)c3)C2=O)cc1. The Morgan fingerprint density at radius 3 is 2.31 bits per heavy atom. The number of nitrogens with zero attached hydrogens (tertiary/aromatic N) is 5. The molecule has 2 saturated heterocycles. The maximum absolute atomic E-state index is 13.2. The molecular weight excluding hydrogens is 486 g/mol. The second-order valence-electron chi connectivity index (χ2n) is 10.3. The van der Waals surface area contributed by atoms with E-state index >= 15 is 0 Å². The normalized spacial score (nSPS) is 16.4. The molecule has 6 rings (SSSR count). The van der Waals surface area contributed by atoms with E-state index in [1.807, 2.05) is 47.1 Å². The van der Waals surface area contributed by atoms with E-state index in [0.29, 0.717) is 13.1 Å². The Labute approximate surface area is 230 Å². The summed E-state index contributed by atoms with van der Waals surface area (Å²) in [4.78, 5) is 26.7. The van der Waals surface area contributed by atoms with E-state index in [2.05, 4.69) is 58.3 Å². The van der Waals surface area contributed by atoms with E-state index in [-0.39, 0.29) is 6.03 Å². The average molecular weight is 522 g/mol. The maximum Gasteiger partial charge on any atom is 0.329 e. The molecule has 39 heavy (non-hydrogen) atoms. The first-order valence-electron chi connectivity index (χ1n) is 13.7. The Hall–Kier alpha value is -4.10. The van der Waals surface area contributed by atoms with Gasteiger partial charge < -0.3 is 9.64 Å². The molecule has 0 bridgehead atoms. The van der Waals surface area contributed by atoms with Crippen LogP contribution in [0.5, 0.6) is 5.75 Å². The minimum Gasteiger partial charge on any atom is -0.497 e. The zero-order valence-corrected chi connectivity index (χ0v) is 22.7. The Kier molecular flexibility index (Phi) is 7.07. The molecule has 3 aromatic carbocycles. The molecule has 0 spiro atoms. The number of aryl methyl sites for hydroxylation is 1. The standard InChI is InChI=1S/C32H35N5O2/c1-24-9-14-29-30(33-24)7-4-8-31(29)35-19-17-34(18-20-35)16-15-25-5-3-6-27(23-25)37-22-21-36(32(37)38)26-10-12-28(39-2)13-11-26/h3-14,23H,15-22H2,1-2H3. The molecule has 0 N–H and O–H groups in total. The number of amides is 2. The molecular formula is C32H35N5O2. The number of carbonyl (C=O) groups excluding carboxylic acids is 1. The molecule has 2 aliphatic heterocycles. The van der Waals surface area contributed by atoms with Crippen LogP contribution < -0.4 is 19.4 Å². The van der Waals surface area contributed by atoms with Crippen LogP contribution in [0.4, 0.5) is 21.9 Å². The molecule has 7 nitrogen and oxygen atoms in total. The van der Waals surface area contributed by atoms with Gasteiger partial charge in [-0.3, -0.25) is 19.7 Å². The van der Waals surface area contributed by atoms with Crippen molar-refractivity contribution in [2.75, 3.05) is 67.6 Å². The number of benzene rings is 3. The quantitative estimate of drug-likeness (QED) is 0.328. The van der Waals surface area contributed by atoms with Gasteiger partial charge in [-0.2, -0.15) is 0 Å². The summed E-state index contributed by atoms with van der Waals surface area (Å²) in [6.45, 7) is 8.51. The fourth-order valence-electron chi connectivity index (χ4n) is 5.67. The van der Waals surface area contributed by atoms with E-state index in [4.69, 9.17) is 9.72 Å². The van der Waals surface area contributed by atoms with Crippen LogP contribution in [-0.2, 0) is 6.42 Å². The molecule has 0 aliphatic carbocycles. The summed E-state index contributed by atoms with van der Waals surface area (Å²) in [5, 5.41) is 1.23. The summed E-state index contributed by atoms with van der Waals surface area (Å²) in [7, 11) is 1.65. The third kappa shape index (κ3) is 5.27. The van der Waals surface area contributed by atoms with Crippen LogP contribution in [0.3, 0.4) is 0 Å². The number of hydrogen-bond acceptors (Lipinski definition) is 5. The second kappa shape index (κ2) is 10.9. The highest BCUT2D eigenvalue weighted by Crippen LogP contribution is 2.29. The number of fused-ring (bicyclic) bond motifs is 1. The minimum atomic E-state index is 0.0206. The largest absolute Gasteiger partial charge is 0.497 e. The van der Waals surface area contributed by atoms with Gasteiger partial charge in [0.15, 0.2) is 0 Å². The van der Waals surface area contributed by atoms with Gasteiger partial charge in [0.2, 0.25) is 0 Å². The van der Waals surface area contributed by atoms with E-state index < -0.39 is 0 Å². The molecule has 0 saturated carbocycles. The molecule has 0 atom stereocenters. The molecule has 1 aromatic heterocycles. The third-order valence-corrected chi connectivity index (χ3v) is 7.89. The van der Waals surface area contributed by atoms with Crippen LogP contribution in [0, 0.1) is 6.92 Å². The maximum atomic E-state index is 13.2. The van der Waals surface area contributed by atoms with Crippen LogP contribution in [0.2, 0.25) is 0 Å². The molecule has 2 fully saturated rings. The zero-order valence-electron chi connectivity index (χ0n) is 22.7. The zero-order chi connectivity index (χ0) is 26.8. The number of rotatable bonds is 7. The van der Waals surface area contributed by atoms with Crippen molar-refractivity contribution in [1.29, 1.82) is 0 Å². The van der Waals surface area contributed by atoms with Gasteiger partial charge in [-0.05, 0) is 79.6 Å². The Balaban J connectivity index is 1.05. The number of ether oxygens (including phenoxy) is 1. The van der Waals surface area contributed by atoms with Gasteiger partial charge in [-0.25, -0.2) is 4.79 Å². The van der Waals surface area contributed by atoms with Crippen LogP contribution >= 0.6 is 0 Å². The lowest BCUT2D eigenvalue weighted by Gasteiger charge is -2.36. The highest BCUT2D eigenvalue weighted by Gasteiger charge is 2.30. The highest BCUT2D eigenvalue weighted by molar-refractivity contribution is 6.06. The fourth-order valence-corrected chi connectivity index (χ4v) is 5.67. The fraction of sp³-hybridized carbons (Fsp3) is 0.312. The topological polar surface area (TPSA) is 52.2 Å². The number of methoxy groups -OCH3 is 1. The molecule has 7 heteroatoms. The Morgan fingerprint density at radius 1 is 0.795 bits per heavy atom. The second-order valence-corrected chi connectivity index (χ2v) is 10.3. The first kappa shape index (κ1) is 25.2. The molecule has 2 aliphatic rings. The third-order valence-electron chi connectivity index (χ3n) is 7.89. The van der Waals surface area contributed by atoms with Gasteiger partial charge in [0, 0.05) is 74.0 Å². The highest BCUT2D eigenvalue weighted by atomic mass is 16.5. The van der Waals surface area contributed by atoms with E-state index in [1.165, 1.54) is 16.6 Å². The first-order valence-corrected chi connectivity index (χ1v) is 13.7. The van der Waals surface area contributed by atoms with Crippen LogP contribution in [-0.4, -0.2) is 68.8 Å². The van der Waals surface area contributed by atoms with Crippen molar-refractivity contribution in [2.24, 2.45) is 0 Å². The van der Waals surface area contributed by atoms with Crippen LogP contribution in [0.25, 0.3) is 10.9 Å². The number of hydrogen-bond donors (Lipinski definition) is 0. The van der Waals surface area contributed by atoms with Crippen LogP contribution in [0.1, 0.15) is 11.3 Å². The lowest BCUT2D eigenvalue weighted by atomic mass is 10.1. The van der Waals surface area contributed by atoms with Gasteiger partial charge >= 0.3 is 6.03 Å². The van der Waals surface area contributed by atoms with Crippen molar-refractivity contribution < 1.29 is 9.53 Å². The van der Waals surface area contributed by atoms with Crippen molar-refractivity contribution in [3.63, 3.8) is 0 Å².